The zero-order chi connectivity index (χ0) is 30.7. The van der Waals surface area contributed by atoms with Crippen molar-refractivity contribution < 1.29 is 38.5 Å². The van der Waals surface area contributed by atoms with Gasteiger partial charge in [0.2, 0.25) is 0 Å². The minimum atomic E-state index is -0.901. The molecule has 4 amide bonds. The number of piperazine rings is 1. The predicted octanol–water partition coefficient (Wildman–Crippen LogP) is 4.05. The van der Waals surface area contributed by atoms with Gasteiger partial charge in [0.25, 0.3) is 5.91 Å². The molecule has 0 saturated carbocycles. The Morgan fingerprint density at radius 3 is 2.28 bits per heavy atom. The number of fused-ring (bicyclic) bond motifs is 1. The van der Waals surface area contributed by atoms with Gasteiger partial charge in [0.05, 0.1) is 25.3 Å². The van der Waals surface area contributed by atoms with Gasteiger partial charge in [-0.2, -0.15) is 0 Å². The van der Waals surface area contributed by atoms with Gasteiger partial charge in [-0.25, -0.2) is 9.59 Å². The third-order valence-electron chi connectivity index (χ3n) is 7.67. The fourth-order valence-corrected chi connectivity index (χ4v) is 5.53. The molecule has 0 bridgehead atoms. The van der Waals surface area contributed by atoms with E-state index >= 15 is 0 Å². The summed E-state index contributed by atoms with van der Waals surface area (Å²) in [5.74, 6) is 0.0490. The summed E-state index contributed by atoms with van der Waals surface area (Å²) in [6, 6.07) is 13.5. The molecule has 1 N–H and O–H groups in total. The minimum absolute atomic E-state index is 0.0269. The van der Waals surface area contributed by atoms with E-state index in [1.807, 2.05) is 32.9 Å². The molecule has 3 heterocycles. The second-order valence-electron chi connectivity index (χ2n) is 11.9. The highest BCUT2D eigenvalue weighted by molar-refractivity contribution is 5.95. The van der Waals surface area contributed by atoms with Crippen molar-refractivity contribution >= 4 is 29.7 Å². The van der Waals surface area contributed by atoms with Crippen LogP contribution < -0.4 is 9.64 Å². The second-order valence-corrected chi connectivity index (χ2v) is 11.9. The van der Waals surface area contributed by atoms with E-state index in [1.165, 1.54) is 0 Å². The molecule has 230 valence electrons. The second kappa shape index (κ2) is 12.5. The first-order valence-corrected chi connectivity index (χ1v) is 14.5. The van der Waals surface area contributed by atoms with E-state index in [0.29, 0.717) is 69.4 Å². The van der Waals surface area contributed by atoms with Crippen molar-refractivity contribution in [3.05, 3.63) is 54.1 Å². The monoisotopic (exact) mass is 594 g/mol. The molecule has 2 atom stereocenters. The molecular weight excluding hydrogens is 556 g/mol. The zero-order valence-electron chi connectivity index (χ0n) is 24.7. The fraction of sp³-hybridized carbons (Fsp3) is 0.484. The molecular formula is C31H38N4O8. The van der Waals surface area contributed by atoms with Crippen molar-refractivity contribution in [1.82, 2.24) is 14.7 Å². The van der Waals surface area contributed by atoms with Crippen molar-refractivity contribution in [2.24, 2.45) is 0 Å². The molecule has 0 unspecified atom stereocenters. The molecule has 0 radical (unpaired) electrons. The number of rotatable bonds is 7. The first-order chi connectivity index (χ1) is 20.5. The van der Waals surface area contributed by atoms with Crippen LogP contribution in [-0.2, 0) is 14.3 Å². The number of aliphatic carboxylic acids is 1. The van der Waals surface area contributed by atoms with Crippen LogP contribution in [0, 0.1) is 0 Å². The Morgan fingerprint density at radius 1 is 0.953 bits per heavy atom. The van der Waals surface area contributed by atoms with Crippen LogP contribution in [0.2, 0.25) is 0 Å². The van der Waals surface area contributed by atoms with Crippen molar-refractivity contribution in [2.75, 3.05) is 50.8 Å². The standard InChI is InChI=1S/C31H38N4O8/c1-31(2,3)43-30(40)32-14-15-34-24(18-32)19-35(29(34)39)22-6-11-26(12-7-22)42-25-9-4-21(5-10-25)28(38)33-16-17-41-20-23(33)8-13-27(36)37/h4-7,9-12,23-24H,8,13-20H2,1-3H3,(H,36,37)/t23-,24-/m0/s1. The maximum absolute atomic E-state index is 13.1. The number of carbonyl (C=O) groups excluding carboxylic acids is 3. The lowest BCUT2D eigenvalue weighted by molar-refractivity contribution is -0.137. The summed E-state index contributed by atoms with van der Waals surface area (Å²) in [5, 5.41) is 9.02. The Hall–Kier alpha value is -4.32. The lowest BCUT2D eigenvalue weighted by atomic mass is 10.1. The smallest absolute Gasteiger partial charge is 0.410 e. The summed E-state index contributed by atoms with van der Waals surface area (Å²) >= 11 is 0. The Balaban J connectivity index is 1.17. The number of carbonyl (C=O) groups is 4. The Bertz CT molecular complexity index is 1340. The van der Waals surface area contributed by atoms with Gasteiger partial charge in [-0.05, 0) is 75.7 Å². The van der Waals surface area contributed by atoms with Crippen molar-refractivity contribution in [1.29, 1.82) is 0 Å². The van der Waals surface area contributed by atoms with E-state index < -0.39 is 11.6 Å². The number of urea groups is 1. The Kier molecular flexibility index (Phi) is 8.77. The third kappa shape index (κ3) is 7.19. The summed E-state index contributed by atoms with van der Waals surface area (Å²) < 4.78 is 17.0. The van der Waals surface area contributed by atoms with Gasteiger partial charge in [-0.1, -0.05) is 0 Å². The molecule has 12 heteroatoms. The number of benzene rings is 2. The van der Waals surface area contributed by atoms with Gasteiger partial charge in [0.15, 0.2) is 0 Å². The van der Waals surface area contributed by atoms with Gasteiger partial charge in [-0.15, -0.1) is 0 Å². The van der Waals surface area contributed by atoms with Gasteiger partial charge in [0, 0.05) is 50.4 Å². The number of carboxylic acid groups (broad SMARTS) is 1. The van der Waals surface area contributed by atoms with Gasteiger partial charge >= 0.3 is 18.1 Å². The fourth-order valence-electron chi connectivity index (χ4n) is 5.53. The number of amides is 4. The highest BCUT2D eigenvalue weighted by Crippen LogP contribution is 2.30. The summed E-state index contributed by atoms with van der Waals surface area (Å²) in [6.45, 7) is 8.42. The van der Waals surface area contributed by atoms with Crippen molar-refractivity contribution in [3.63, 3.8) is 0 Å². The molecule has 3 fully saturated rings. The summed E-state index contributed by atoms with van der Waals surface area (Å²) in [5.41, 5.74) is 0.644. The molecule has 0 aromatic heterocycles. The molecule has 2 aromatic carbocycles. The number of nitrogens with zero attached hydrogens (tertiary/aromatic N) is 4. The maximum atomic E-state index is 13.1. The van der Waals surface area contributed by atoms with E-state index in [-0.39, 0.29) is 36.5 Å². The number of morpholine rings is 1. The number of hydrogen-bond acceptors (Lipinski definition) is 7. The summed E-state index contributed by atoms with van der Waals surface area (Å²) in [4.78, 5) is 56.7. The highest BCUT2D eigenvalue weighted by atomic mass is 16.6. The van der Waals surface area contributed by atoms with Crippen molar-refractivity contribution in [2.45, 2.75) is 51.3 Å². The van der Waals surface area contributed by atoms with Crippen LogP contribution in [0.4, 0.5) is 15.3 Å². The maximum Gasteiger partial charge on any atom is 0.410 e. The lowest BCUT2D eigenvalue weighted by Gasteiger charge is -2.36. The normalized spacial score (nSPS) is 20.6. The number of carboxylic acids is 1. The Labute approximate surface area is 250 Å². The SMILES string of the molecule is CC(C)(C)OC(=O)N1CCN2C(=O)N(c3ccc(Oc4ccc(C(=O)N5CCOC[C@@H]5CCC(=O)O)cc4)cc3)C[C@@H]2C1. The average Bonchev–Trinajstić information content (AvgIpc) is 3.31. The molecule has 43 heavy (non-hydrogen) atoms. The molecule has 12 nitrogen and oxygen atoms in total. The quantitative estimate of drug-likeness (QED) is 0.509. The van der Waals surface area contributed by atoms with Crippen LogP contribution in [-0.4, -0.2) is 107 Å². The number of ether oxygens (including phenoxy) is 3. The van der Waals surface area contributed by atoms with Crippen molar-refractivity contribution in [3.8, 4) is 11.5 Å². The van der Waals surface area contributed by atoms with Crippen LogP contribution in [0.3, 0.4) is 0 Å². The number of anilines is 1. The largest absolute Gasteiger partial charge is 0.481 e. The summed E-state index contributed by atoms with van der Waals surface area (Å²) in [7, 11) is 0. The summed E-state index contributed by atoms with van der Waals surface area (Å²) in [6.07, 6.45) is -0.0521. The lowest BCUT2D eigenvalue weighted by Crippen LogP contribution is -2.54. The number of hydrogen-bond donors (Lipinski definition) is 1. The van der Waals surface area contributed by atoms with Gasteiger partial charge in [0.1, 0.15) is 17.1 Å². The first-order valence-electron chi connectivity index (χ1n) is 14.5. The topological polar surface area (TPSA) is 129 Å². The molecule has 0 aliphatic carbocycles. The predicted molar refractivity (Wildman–Crippen MR) is 157 cm³/mol. The molecule has 3 aliphatic rings. The van der Waals surface area contributed by atoms with Crippen LogP contribution in [0.15, 0.2) is 48.5 Å². The van der Waals surface area contributed by atoms with E-state index in [2.05, 4.69) is 0 Å². The average molecular weight is 595 g/mol. The molecule has 3 aliphatic heterocycles. The van der Waals surface area contributed by atoms with Gasteiger partial charge < -0.3 is 34.0 Å². The minimum Gasteiger partial charge on any atom is -0.481 e. The van der Waals surface area contributed by atoms with E-state index in [0.717, 1.165) is 5.69 Å². The van der Waals surface area contributed by atoms with Crippen LogP contribution >= 0.6 is 0 Å². The van der Waals surface area contributed by atoms with Crippen LogP contribution in [0.1, 0.15) is 44.0 Å². The molecule has 0 spiro atoms. The van der Waals surface area contributed by atoms with Crippen LogP contribution in [0.5, 0.6) is 11.5 Å². The Morgan fingerprint density at radius 2 is 1.63 bits per heavy atom. The first kappa shape index (κ1) is 30.1. The van der Waals surface area contributed by atoms with E-state index in [4.69, 9.17) is 19.3 Å². The third-order valence-corrected chi connectivity index (χ3v) is 7.67. The van der Waals surface area contributed by atoms with Crippen LogP contribution in [0.25, 0.3) is 0 Å². The highest BCUT2D eigenvalue weighted by Gasteiger charge is 2.43. The molecule has 5 rings (SSSR count). The van der Waals surface area contributed by atoms with E-state index in [1.54, 1.807) is 56.0 Å². The zero-order valence-corrected chi connectivity index (χ0v) is 24.7. The van der Waals surface area contributed by atoms with E-state index in [9.17, 15) is 19.2 Å². The van der Waals surface area contributed by atoms with Gasteiger partial charge in [-0.3, -0.25) is 14.5 Å². The molecule has 2 aromatic rings. The molecule has 3 saturated heterocycles.